The number of aromatic nitrogens is 1. The molecule has 8 heteroatoms. The molecule has 3 rings (SSSR count). The van der Waals surface area contributed by atoms with Crippen LogP contribution in [0.5, 0.6) is 0 Å². The number of rotatable bonds is 3. The van der Waals surface area contributed by atoms with Gasteiger partial charge in [0.25, 0.3) is 0 Å². The summed E-state index contributed by atoms with van der Waals surface area (Å²) in [5.41, 5.74) is 1.60. The van der Waals surface area contributed by atoms with E-state index in [4.69, 9.17) is 21.1 Å². The summed E-state index contributed by atoms with van der Waals surface area (Å²) in [4.78, 5) is 26.2. The maximum Gasteiger partial charge on any atom is 0.410 e. The van der Waals surface area contributed by atoms with Gasteiger partial charge in [-0.05, 0) is 39.8 Å². The Morgan fingerprint density at radius 1 is 1.29 bits per heavy atom. The lowest BCUT2D eigenvalue weighted by Crippen LogP contribution is -2.40. The Bertz CT molecular complexity index is 933. The quantitative estimate of drug-likeness (QED) is 0.708. The molecular weight excluding hydrogens is 387 g/mol. The fraction of sp³-hybridized carbons (Fsp3) is 0.500. The summed E-state index contributed by atoms with van der Waals surface area (Å²) < 4.78 is 26.4. The van der Waals surface area contributed by atoms with Crippen molar-refractivity contribution in [3.63, 3.8) is 0 Å². The van der Waals surface area contributed by atoms with Crippen LogP contribution in [0.4, 0.5) is 9.18 Å². The third-order valence-electron chi connectivity index (χ3n) is 4.51. The second-order valence-corrected chi connectivity index (χ2v) is 8.16. The number of hydrogen-bond acceptors (Lipinski definition) is 4. The average molecular weight is 411 g/mol. The first-order valence-electron chi connectivity index (χ1n) is 9.23. The third-order valence-corrected chi connectivity index (χ3v) is 4.80. The molecule has 0 N–H and O–H groups in total. The highest BCUT2D eigenvalue weighted by Gasteiger charge is 2.31. The fourth-order valence-electron chi connectivity index (χ4n) is 3.49. The summed E-state index contributed by atoms with van der Waals surface area (Å²) >= 11 is 6.32. The van der Waals surface area contributed by atoms with Crippen LogP contribution in [0, 0.1) is 5.82 Å². The predicted molar refractivity (Wildman–Crippen MR) is 104 cm³/mol. The van der Waals surface area contributed by atoms with Gasteiger partial charge in [0, 0.05) is 29.6 Å². The van der Waals surface area contributed by atoms with E-state index in [1.807, 2.05) is 0 Å². The Morgan fingerprint density at radius 3 is 2.64 bits per heavy atom. The van der Waals surface area contributed by atoms with Crippen LogP contribution in [0.2, 0.25) is 5.02 Å². The summed E-state index contributed by atoms with van der Waals surface area (Å²) in [5, 5.41) is 0.815. The van der Waals surface area contributed by atoms with Gasteiger partial charge >= 0.3 is 12.1 Å². The van der Waals surface area contributed by atoms with E-state index in [0.717, 1.165) is 11.3 Å². The van der Waals surface area contributed by atoms with Crippen LogP contribution >= 0.6 is 11.6 Å². The topological polar surface area (TPSA) is 60.8 Å². The van der Waals surface area contributed by atoms with E-state index in [9.17, 15) is 14.0 Å². The van der Waals surface area contributed by atoms with Crippen molar-refractivity contribution in [1.29, 1.82) is 0 Å². The van der Waals surface area contributed by atoms with E-state index in [2.05, 4.69) is 0 Å². The van der Waals surface area contributed by atoms with Crippen LogP contribution in [-0.2, 0) is 33.8 Å². The number of hydrogen-bond donors (Lipinski definition) is 0. The maximum atomic E-state index is 14.0. The summed E-state index contributed by atoms with van der Waals surface area (Å²) in [6.07, 6.45) is 0.0765. The summed E-state index contributed by atoms with van der Waals surface area (Å²) in [6, 6.07) is 2.61. The normalized spacial score (nSPS) is 14.1. The summed E-state index contributed by atoms with van der Waals surface area (Å²) in [6.45, 7) is 8.11. The lowest BCUT2D eigenvalue weighted by atomic mass is 10.0. The van der Waals surface area contributed by atoms with Crippen molar-refractivity contribution in [2.75, 3.05) is 13.2 Å². The molecule has 1 aromatic carbocycles. The Kier molecular flexibility index (Phi) is 5.57. The van der Waals surface area contributed by atoms with Crippen molar-refractivity contribution in [3.8, 4) is 0 Å². The maximum absolute atomic E-state index is 14.0. The van der Waals surface area contributed by atoms with Gasteiger partial charge in [-0.2, -0.15) is 0 Å². The number of amides is 1. The number of carbonyl (C=O) groups excluding carboxylic acids is 2. The molecule has 1 aliphatic rings. The van der Waals surface area contributed by atoms with Gasteiger partial charge in [-0.15, -0.1) is 0 Å². The van der Waals surface area contributed by atoms with Crippen LogP contribution in [0.1, 0.15) is 39.0 Å². The van der Waals surface area contributed by atoms with E-state index >= 15 is 0 Å². The second kappa shape index (κ2) is 7.62. The number of halogens is 2. The fourth-order valence-corrected chi connectivity index (χ4v) is 3.80. The highest BCUT2D eigenvalue weighted by molar-refractivity contribution is 6.35. The lowest BCUT2D eigenvalue weighted by Gasteiger charge is -2.30. The van der Waals surface area contributed by atoms with Gasteiger partial charge in [-0.1, -0.05) is 11.6 Å². The third kappa shape index (κ3) is 4.09. The van der Waals surface area contributed by atoms with Crippen molar-refractivity contribution in [1.82, 2.24) is 9.47 Å². The molecule has 2 heterocycles. The Morgan fingerprint density at radius 2 is 2.00 bits per heavy atom. The molecule has 0 bridgehead atoms. The lowest BCUT2D eigenvalue weighted by molar-refractivity contribution is -0.143. The van der Waals surface area contributed by atoms with E-state index in [1.165, 1.54) is 12.1 Å². The Labute approximate surface area is 168 Å². The minimum absolute atomic E-state index is 0.0164. The molecule has 2 aromatic rings. The molecule has 0 saturated heterocycles. The van der Waals surface area contributed by atoms with Crippen molar-refractivity contribution < 1.29 is 23.5 Å². The molecule has 1 aliphatic heterocycles. The van der Waals surface area contributed by atoms with E-state index in [0.29, 0.717) is 23.9 Å². The molecule has 0 radical (unpaired) electrons. The van der Waals surface area contributed by atoms with Crippen LogP contribution < -0.4 is 0 Å². The molecule has 6 nitrogen and oxygen atoms in total. The molecule has 28 heavy (non-hydrogen) atoms. The Balaban J connectivity index is 2.04. The number of ether oxygens (including phenoxy) is 2. The smallest absolute Gasteiger partial charge is 0.410 e. The van der Waals surface area contributed by atoms with Gasteiger partial charge in [0.1, 0.15) is 18.0 Å². The number of carbonyl (C=O) groups is 2. The molecule has 0 saturated carbocycles. The zero-order valence-electron chi connectivity index (χ0n) is 16.5. The summed E-state index contributed by atoms with van der Waals surface area (Å²) in [7, 11) is 0. The SMILES string of the molecule is CCOC(=O)Cn1c2c(c3cc(F)cc(Cl)c31)CN(C(=O)OC(C)(C)C)CC2. The van der Waals surface area contributed by atoms with Gasteiger partial charge < -0.3 is 18.9 Å². The predicted octanol–water partition coefficient (Wildman–Crippen LogP) is 4.29. The number of fused-ring (bicyclic) bond motifs is 3. The molecule has 0 fully saturated rings. The van der Waals surface area contributed by atoms with Crippen molar-refractivity contribution >= 4 is 34.6 Å². The first kappa shape index (κ1) is 20.5. The zero-order valence-corrected chi connectivity index (χ0v) is 17.2. The van der Waals surface area contributed by atoms with E-state index < -0.39 is 23.5 Å². The first-order chi connectivity index (χ1) is 13.1. The highest BCUT2D eigenvalue weighted by atomic mass is 35.5. The van der Waals surface area contributed by atoms with E-state index in [-0.39, 0.29) is 24.7 Å². The van der Waals surface area contributed by atoms with E-state index in [1.54, 1.807) is 37.2 Å². The van der Waals surface area contributed by atoms with Crippen molar-refractivity contribution in [2.45, 2.75) is 52.8 Å². The molecule has 0 spiro atoms. The molecular formula is C20H24ClFN2O4. The van der Waals surface area contributed by atoms with Gasteiger partial charge in [-0.3, -0.25) is 4.79 Å². The molecule has 0 unspecified atom stereocenters. The van der Waals surface area contributed by atoms with Crippen LogP contribution in [0.25, 0.3) is 10.9 Å². The molecule has 1 amide bonds. The second-order valence-electron chi connectivity index (χ2n) is 7.75. The summed E-state index contributed by atoms with van der Waals surface area (Å²) in [5.74, 6) is -0.861. The minimum atomic E-state index is -0.606. The first-order valence-corrected chi connectivity index (χ1v) is 9.61. The van der Waals surface area contributed by atoms with Crippen LogP contribution in [0.15, 0.2) is 12.1 Å². The highest BCUT2D eigenvalue weighted by Crippen LogP contribution is 2.36. The monoisotopic (exact) mass is 410 g/mol. The average Bonchev–Trinajstić information content (AvgIpc) is 2.87. The molecule has 1 aromatic heterocycles. The minimum Gasteiger partial charge on any atom is -0.465 e. The van der Waals surface area contributed by atoms with Gasteiger partial charge in [-0.25, -0.2) is 9.18 Å². The van der Waals surface area contributed by atoms with Crippen molar-refractivity contribution in [3.05, 3.63) is 34.2 Å². The molecule has 0 atom stereocenters. The molecule has 152 valence electrons. The zero-order chi connectivity index (χ0) is 20.6. The number of benzene rings is 1. The van der Waals surface area contributed by atoms with Gasteiger partial charge in [0.15, 0.2) is 0 Å². The van der Waals surface area contributed by atoms with Crippen LogP contribution in [-0.4, -0.2) is 40.3 Å². The Hall–Kier alpha value is -2.28. The largest absolute Gasteiger partial charge is 0.465 e. The number of nitrogens with zero attached hydrogens (tertiary/aromatic N) is 2. The number of esters is 1. The standard InChI is InChI=1S/C20H24ClFN2O4/c1-5-27-17(25)11-24-16-6-7-23(19(26)28-20(2,3)4)10-14(16)13-8-12(22)9-15(21)18(13)24/h8-9H,5-7,10-11H2,1-4H3. The van der Waals surface area contributed by atoms with Crippen molar-refractivity contribution in [2.24, 2.45) is 0 Å². The van der Waals surface area contributed by atoms with Gasteiger partial charge in [0.05, 0.1) is 23.7 Å². The molecule has 0 aliphatic carbocycles. The van der Waals surface area contributed by atoms with Gasteiger partial charge in [0.2, 0.25) is 0 Å². The van der Waals surface area contributed by atoms with Crippen LogP contribution in [0.3, 0.4) is 0 Å².